The molecule has 21 heavy (non-hydrogen) atoms. The van der Waals surface area contributed by atoms with Gasteiger partial charge in [-0.25, -0.2) is 4.98 Å². The first kappa shape index (κ1) is 13.8. The van der Waals surface area contributed by atoms with Gasteiger partial charge in [0.05, 0.1) is 18.3 Å². The number of likely N-dealkylation sites (N-methyl/N-ethyl adjacent to an activating group) is 1. The highest BCUT2D eigenvalue weighted by Gasteiger charge is 2.45. The molecule has 0 bridgehead atoms. The van der Waals surface area contributed by atoms with Crippen molar-refractivity contribution in [2.45, 2.75) is 12.0 Å². The number of nitrogens with zero attached hydrogens (tertiary/aromatic N) is 3. The Hall–Kier alpha value is -2.14. The van der Waals surface area contributed by atoms with E-state index in [2.05, 4.69) is 4.98 Å². The highest BCUT2D eigenvalue weighted by molar-refractivity contribution is 5.83. The summed E-state index contributed by atoms with van der Waals surface area (Å²) in [7, 11) is 3.69. The van der Waals surface area contributed by atoms with Crippen molar-refractivity contribution in [1.29, 1.82) is 0 Å². The molecule has 1 saturated heterocycles. The van der Waals surface area contributed by atoms with Crippen LogP contribution in [0.1, 0.15) is 23.3 Å². The summed E-state index contributed by atoms with van der Waals surface area (Å²) in [5.74, 6) is -0.532. The standard InChI is InChI=1S/C16H19N3O2/c1-18-9-12(13-8-17-10-19(13)2)14(16(18)21)15(20)11-6-4-3-5-7-11/h3-8,10,12,14-15,20H,9H2,1-2H3/t12-,14+,15+/m1/s1. The Morgan fingerprint density at radius 2 is 2.00 bits per heavy atom. The predicted octanol–water partition coefficient (Wildman–Crippen LogP) is 1.33. The van der Waals surface area contributed by atoms with Gasteiger partial charge < -0.3 is 14.6 Å². The van der Waals surface area contributed by atoms with E-state index in [9.17, 15) is 9.90 Å². The van der Waals surface area contributed by atoms with E-state index in [1.54, 1.807) is 24.5 Å². The van der Waals surface area contributed by atoms with Crippen LogP contribution in [0.2, 0.25) is 0 Å². The average Bonchev–Trinajstić information content (AvgIpc) is 3.04. The van der Waals surface area contributed by atoms with Gasteiger partial charge in [-0.1, -0.05) is 30.3 Å². The molecule has 110 valence electrons. The van der Waals surface area contributed by atoms with Crippen molar-refractivity contribution in [3.05, 3.63) is 54.1 Å². The van der Waals surface area contributed by atoms with E-state index in [0.717, 1.165) is 11.3 Å². The predicted molar refractivity (Wildman–Crippen MR) is 78.5 cm³/mol. The molecule has 0 unspecified atom stereocenters. The summed E-state index contributed by atoms with van der Waals surface area (Å²) >= 11 is 0. The van der Waals surface area contributed by atoms with Gasteiger partial charge in [0.25, 0.3) is 0 Å². The third-order valence-corrected chi connectivity index (χ3v) is 4.28. The molecule has 2 aromatic rings. The molecule has 1 amide bonds. The van der Waals surface area contributed by atoms with Gasteiger partial charge in [0.15, 0.2) is 0 Å². The van der Waals surface area contributed by atoms with Crippen LogP contribution in [0.4, 0.5) is 0 Å². The van der Waals surface area contributed by atoms with Crippen LogP contribution < -0.4 is 0 Å². The lowest BCUT2D eigenvalue weighted by atomic mass is 9.85. The van der Waals surface area contributed by atoms with Gasteiger partial charge in [0.1, 0.15) is 0 Å². The molecule has 1 aliphatic rings. The van der Waals surface area contributed by atoms with Crippen LogP contribution in [0.15, 0.2) is 42.9 Å². The number of aromatic nitrogens is 2. The van der Waals surface area contributed by atoms with Crippen LogP contribution in [0, 0.1) is 5.92 Å². The Labute approximate surface area is 123 Å². The van der Waals surface area contributed by atoms with Gasteiger partial charge in [-0.2, -0.15) is 0 Å². The molecule has 0 radical (unpaired) electrons. The molecule has 1 N–H and O–H groups in total. The first-order valence-electron chi connectivity index (χ1n) is 7.04. The lowest BCUT2D eigenvalue weighted by molar-refractivity contribution is -0.133. The van der Waals surface area contributed by atoms with E-state index in [1.165, 1.54) is 0 Å². The molecule has 5 heteroatoms. The number of hydrogen-bond donors (Lipinski definition) is 1. The van der Waals surface area contributed by atoms with Crippen LogP contribution in [-0.4, -0.2) is 39.1 Å². The minimum Gasteiger partial charge on any atom is -0.388 e. The molecule has 0 spiro atoms. The molecule has 1 aliphatic heterocycles. The molecule has 2 heterocycles. The van der Waals surface area contributed by atoms with Gasteiger partial charge in [0, 0.05) is 38.4 Å². The third kappa shape index (κ3) is 2.34. The van der Waals surface area contributed by atoms with Crippen LogP contribution >= 0.6 is 0 Å². The second-order valence-corrected chi connectivity index (χ2v) is 5.64. The van der Waals surface area contributed by atoms with Gasteiger partial charge in [-0.15, -0.1) is 0 Å². The van der Waals surface area contributed by atoms with Crippen molar-refractivity contribution in [2.24, 2.45) is 13.0 Å². The minimum atomic E-state index is -0.802. The van der Waals surface area contributed by atoms with Crippen LogP contribution in [0.25, 0.3) is 0 Å². The summed E-state index contributed by atoms with van der Waals surface area (Å²) in [5.41, 5.74) is 1.76. The summed E-state index contributed by atoms with van der Waals surface area (Å²) < 4.78 is 1.92. The third-order valence-electron chi connectivity index (χ3n) is 4.28. The second kappa shape index (κ2) is 5.33. The van der Waals surface area contributed by atoms with Gasteiger partial charge in [-0.3, -0.25) is 4.79 Å². The molecule has 0 aliphatic carbocycles. The number of aliphatic hydroxyl groups excluding tert-OH is 1. The number of hydrogen-bond acceptors (Lipinski definition) is 3. The van der Waals surface area contributed by atoms with Crippen LogP contribution in [-0.2, 0) is 11.8 Å². The minimum absolute atomic E-state index is 0.0162. The van der Waals surface area contributed by atoms with Crippen molar-refractivity contribution in [3.63, 3.8) is 0 Å². The fourth-order valence-electron chi connectivity index (χ4n) is 3.14. The molecule has 0 saturated carbocycles. The number of likely N-dealkylation sites (tertiary alicyclic amines) is 1. The number of carbonyl (C=O) groups is 1. The zero-order chi connectivity index (χ0) is 15.0. The molecule has 1 fully saturated rings. The van der Waals surface area contributed by atoms with Gasteiger partial charge in [0.2, 0.25) is 5.91 Å². The maximum Gasteiger partial charge on any atom is 0.229 e. The molecule has 5 nitrogen and oxygen atoms in total. The Morgan fingerprint density at radius 3 is 2.62 bits per heavy atom. The maximum absolute atomic E-state index is 12.5. The smallest absolute Gasteiger partial charge is 0.229 e. The van der Waals surface area contributed by atoms with Crippen molar-refractivity contribution in [3.8, 4) is 0 Å². The molecular formula is C16H19N3O2. The normalized spacial score (nSPS) is 23.6. The van der Waals surface area contributed by atoms with Gasteiger partial charge >= 0.3 is 0 Å². The largest absolute Gasteiger partial charge is 0.388 e. The SMILES string of the molecule is CN1C[C@H](c2cncn2C)[C@@H]([C@@H](O)c2ccccc2)C1=O. The highest BCUT2D eigenvalue weighted by Crippen LogP contribution is 2.40. The molecule has 3 rings (SSSR count). The molecule has 1 aromatic heterocycles. The van der Waals surface area contributed by atoms with Crippen molar-refractivity contribution < 1.29 is 9.90 Å². The molecular weight excluding hydrogens is 266 g/mol. The summed E-state index contributed by atoms with van der Waals surface area (Å²) in [5, 5.41) is 10.7. The van der Waals surface area contributed by atoms with E-state index in [0.29, 0.717) is 6.54 Å². The summed E-state index contributed by atoms with van der Waals surface area (Å²) in [6, 6.07) is 9.37. The van der Waals surface area contributed by atoms with Crippen molar-refractivity contribution in [2.75, 3.05) is 13.6 Å². The fraction of sp³-hybridized carbons (Fsp3) is 0.375. The first-order valence-corrected chi connectivity index (χ1v) is 7.04. The summed E-state index contributed by atoms with van der Waals surface area (Å²) in [6.07, 6.45) is 2.70. The Kier molecular flexibility index (Phi) is 3.51. The first-order chi connectivity index (χ1) is 10.1. The number of amides is 1. The molecule has 1 aromatic carbocycles. The quantitative estimate of drug-likeness (QED) is 0.925. The van der Waals surface area contributed by atoms with E-state index in [4.69, 9.17) is 0 Å². The lowest BCUT2D eigenvalue weighted by Gasteiger charge is -2.22. The van der Waals surface area contributed by atoms with Crippen LogP contribution in [0.5, 0.6) is 0 Å². The monoisotopic (exact) mass is 285 g/mol. The Morgan fingerprint density at radius 1 is 1.29 bits per heavy atom. The topological polar surface area (TPSA) is 58.4 Å². The van der Waals surface area contributed by atoms with E-state index >= 15 is 0 Å². The van der Waals surface area contributed by atoms with E-state index in [1.807, 2.05) is 41.9 Å². The van der Waals surface area contributed by atoms with Crippen LogP contribution in [0.3, 0.4) is 0 Å². The van der Waals surface area contributed by atoms with E-state index in [-0.39, 0.29) is 11.8 Å². The maximum atomic E-state index is 12.5. The number of benzene rings is 1. The fourth-order valence-corrected chi connectivity index (χ4v) is 3.14. The number of carbonyl (C=O) groups excluding carboxylic acids is 1. The highest BCUT2D eigenvalue weighted by atomic mass is 16.3. The number of aryl methyl sites for hydroxylation is 1. The van der Waals surface area contributed by atoms with Gasteiger partial charge in [-0.05, 0) is 5.56 Å². The molecule has 3 atom stereocenters. The van der Waals surface area contributed by atoms with E-state index < -0.39 is 12.0 Å². The summed E-state index contributed by atoms with van der Waals surface area (Å²) in [6.45, 7) is 0.604. The lowest BCUT2D eigenvalue weighted by Crippen LogP contribution is -2.27. The Bertz CT molecular complexity index is 638. The van der Waals surface area contributed by atoms with Crippen molar-refractivity contribution >= 4 is 5.91 Å². The Balaban J connectivity index is 1.97. The number of imidazole rings is 1. The summed E-state index contributed by atoms with van der Waals surface area (Å²) in [4.78, 5) is 18.3. The number of rotatable bonds is 3. The zero-order valence-corrected chi connectivity index (χ0v) is 12.2. The number of aliphatic hydroxyl groups is 1. The average molecular weight is 285 g/mol. The van der Waals surface area contributed by atoms with Crippen molar-refractivity contribution in [1.82, 2.24) is 14.5 Å². The second-order valence-electron chi connectivity index (χ2n) is 5.64. The zero-order valence-electron chi connectivity index (χ0n) is 12.2.